The first-order valence-electron chi connectivity index (χ1n) is 7.01. The van der Waals surface area contributed by atoms with Crippen molar-refractivity contribution < 1.29 is 0 Å². The fourth-order valence-electron chi connectivity index (χ4n) is 2.28. The zero-order valence-electron chi connectivity index (χ0n) is 11.3. The third-order valence-corrected chi connectivity index (χ3v) is 3.54. The average Bonchev–Trinajstić information content (AvgIpc) is 3.12. The zero-order chi connectivity index (χ0) is 13.1. The number of benzene rings is 1. The molecular weight excluding hydrogens is 236 g/mol. The van der Waals surface area contributed by atoms with E-state index in [9.17, 15) is 0 Å². The summed E-state index contributed by atoms with van der Waals surface area (Å²) in [6, 6.07) is 10.6. The first kappa shape index (κ1) is 12.4. The highest BCUT2D eigenvalue weighted by molar-refractivity contribution is 5.28. The van der Waals surface area contributed by atoms with Gasteiger partial charge in [-0.25, -0.2) is 0 Å². The Morgan fingerprint density at radius 2 is 2.11 bits per heavy atom. The molecule has 4 nitrogen and oxygen atoms in total. The molecule has 0 amide bonds. The molecule has 0 radical (unpaired) electrons. The molecule has 1 fully saturated rings. The van der Waals surface area contributed by atoms with Crippen LogP contribution in [0, 0.1) is 5.92 Å². The lowest BCUT2D eigenvalue weighted by atomic mass is 10.1. The molecule has 1 aromatic heterocycles. The molecule has 2 aromatic rings. The van der Waals surface area contributed by atoms with Gasteiger partial charge in [-0.1, -0.05) is 31.0 Å². The summed E-state index contributed by atoms with van der Waals surface area (Å²) in [6.45, 7) is 3.04. The highest BCUT2D eigenvalue weighted by Crippen LogP contribution is 2.33. The zero-order valence-corrected chi connectivity index (χ0v) is 11.3. The largest absolute Gasteiger partial charge is 0.309 e. The summed E-state index contributed by atoms with van der Waals surface area (Å²) < 4.78 is 0. The van der Waals surface area contributed by atoms with E-state index in [1.165, 1.54) is 19.3 Å². The summed E-state index contributed by atoms with van der Waals surface area (Å²) in [6.07, 6.45) is 5.95. The predicted octanol–water partition coefficient (Wildman–Crippen LogP) is 2.55. The van der Waals surface area contributed by atoms with Gasteiger partial charge >= 0.3 is 0 Å². The second-order valence-corrected chi connectivity index (χ2v) is 5.42. The molecule has 1 heterocycles. The maximum atomic E-state index is 4.49. The van der Waals surface area contributed by atoms with E-state index in [4.69, 9.17) is 0 Å². The molecule has 1 aromatic carbocycles. The minimum absolute atomic E-state index is 0.564. The van der Waals surface area contributed by atoms with Crippen LogP contribution in [0.4, 0.5) is 0 Å². The molecule has 1 aliphatic rings. The SMILES string of the molecule is CC(CC1CC1)NCc1cnn(-c2ccccc2)n1. The minimum Gasteiger partial charge on any atom is -0.309 e. The van der Waals surface area contributed by atoms with Gasteiger partial charge in [-0.05, 0) is 31.4 Å². The van der Waals surface area contributed by atoms with Crippen LogP contribution in [0.25, 0.3) is 5.69 Å². The van der Waals surface area contributed by atoms with Crippen LogP contribution in [0.3, 0.4) is 0 Å². The van der Waals surface area contributed by atoms with E-state index in [0.29, 0.717) is 6.04 Å². The molecule has 1 atom stereocenters. The number of nitrogens with zero attached hydrogens (tertiary/aromatic N) is 3. The van der Waals surface area contributed by atoms with Crippen LogP contribution in [0.2, 0.25) is 0 Å². The molecule has 0 bridgehead atoms. The molecule has 100 valence electrons. The van der Waals surface area contributed by atoms with Gasteiger partial charge in [0.05, 0.1) is 17.6 Å². The Morgan fingerprint density at radius 3 is 2.84 bits per heavy atom. The van der Waals surface area contributed by atoms with Crippen LogP contribution >= 0.6 is 0 Å². The third kappa shape index (κ3) is 3.41. The smallest absolute Gasteiger partial charge is 0.0969 e. The Hall–Kier alpha value is -1.68. The van der Waals surface area contributed by atoms with Crippen molar-refractivity contribution in [1.29, 1.82) is 0 Å². The fraction of sp³-hybridized carbons (Fsp3) is 0.467. The first-order chi connectivity index (χ1) is 9.31. The minimum atomic E-state index is 0.564. The first-order valence-corrected chi connectivity index (χ1v) is 7.01. The van der Waals surface area contributed by atoms with Gasteiger partial charge in [0.2, 0.25) is 0 Å². The summed E-state index contributed by atoms with van der Waals surface area (Å²) in [4.78, 5) is 1.68. The molecular formula is C15H20N4. The lowest BCUT2D eigenvalue weighted by Crippen LogP contribution is -2.26. The number of para-hydroxylation sites is 1. The Bertz CT molecular complexity index is 516. The van der Waals surface area contributed by atoms with E-state index in [1.54, 1.807) is 4.80 Å². The molecule has 1 unspecified atom stereocenters. The lowest BCUT2D eigenvalue weighted by Gasteiger charge is -2.11. The predicted molar refractivity (Wildman–Crippen MR) is 75.0 cm³/mol. The number of hydrogen-bond donors (Lipinski definition) is 1. The number of hydrogen-bond acceptors (Lipinski definition) is 3. The number of rotatable bonds is 6. The van der Waals surface area contributed by atoms with Crippen LogP contribution in [0.1, 0.15) is 31.9 Å². The van der Waals surface area contributed by atoms with E-state index in [1.807, 2.05) is 36.5 Å². The van der Waals surface area contributed by atoms with Crippen LogP contribution < -0.4 is 5.32 Å². The molecule has 1 saturated carbocycles. The summed E-state index contributed by atoms with van der Waals surface area (Å²) >= 11 is 0. The van der Waals surface area contributed by atoms with Gasteiger partial charge in [-0.2, -0.15) is 15.0 Å². The Labute approximate surface area is 113 Å². The topological polar surface area (TPSA) is 42.7 Å². The van der Waals surface area contributed by atoms with E-state index in [2.05, 4.69) is 22.4 Å². The quantitative estimate of drug-likeness (QED) is 0.863. The van der Waals surface area contributed by atoms with Crippen molar-refractivity contribution >= 4 is 0 Å². The van der Waals surface area contributed by atoms with Crippen LogP contribution in [-0.2, 0) is 6.54 Å². The molecule has 19 heavy (non-hydrogen) atoms. The summed E-state index contributed by atoms with van der Waals surface area (Å²) in [5, 5.41) is 12.3. The van der Waals surface area contributed by atoms with Gasteiger partial charge in [-0.3, -0.25) is 0 Å². The molecule has 4 heteroatoms. The van der Waals surface area contributed by atoms with Crippen molar-refractivity contribution in [3.63, 3.8) is 0 Å². The highest BCUT2D eigenvalue weighted by Gasteiger charge is 2.23. The van der Waals surface area contributed by atoms with E-state index < -0.39 is 0 Å². The lowest BCUT2D eigenvalue weighted by molar-refractivity contribution is 0.483. The van der Waals surface area contributed by atoms with Gasteiger partial charge in [0.1, 0.15) is 0 Å². The Kier molecular flexibility index (Phi) is 3.60. The molecule has 3 rings (SSSR count). The Balaban J connectivity index is 1.55. The molecule has 0 saturated heterocycles. The number of aromatic nitrogens is 3. The van der Waals surface area contributed by atoms with Gasteiger partial charge in [-0.15, -0.1) is 0 Å². The Morgan fingerprint density at radius 1 is 1.32 bits per heavy atom. The third-order valence-electron chi connectivity index (χ3n) is 3.54. The monoisotopic (exact) mass is 256 g/mol. The molecule has 0 spiro atoms. The van der Waals surface area contributed by atoms with Crippen molar-refractivity contribution in [1.82, 2.24) is 20.3 Å². The average molecular weight is 256 g/mol. The molecule has 1 aliphatic carbocycles. The summed E-state index contributed by atoms with van der Waals surface area (Å²) in [7, 11) is 0. The highest BCUT2D eigenvalue weighted by atomic mass is 15.5. The van der Waals surface area contributed by atoms with Gasteiger partial charge in [0, 0.05) is 12.6 Å². The summed E-state index contributed by atoms with van der Waals surface area (Å²) in [5.74, 6) is 0.961. The molecule has 1 N–H and O–H groups in total. The van der Waals surface area contributed by atoms with Crippen LogP contribution in [-0.4, -0.2) is 21.0 Å². The maximum absolute atomic E-state index is 4.49. The van der Waals surface area contributed by atoms with Gasteiger partial charge in [0.15, 0.2) is 0 Å². The van der Waals surface area contributed by atoms with E-state index in [-0.39, 0.29) is 0 Å². The van der Waals surface area contributed by atoms with Crippen LogP contribution in [0.5, 0.6) is 0 Å². The second-order valence-electron chi connectivity index (χ2n) is 5.42. The molecule has 0 aliphatic heterocycles. The summed E-state index contributed by atoms with van der Waals surface area (Å²) in [5.41, 5.74) is 1.99. The van der Waals surface area contributed by atoms with Gasteiger partial charge in [0.25, 0.3) is 0 Å². The van der Waals surface area contributed by atoms with Crippen molar-refractivity contribution in [2.24, 2.45) is 5.92 Å². The maximum Gasteiger partial charge on any atom is 0.0969 e. The normalized spacial score (nSPS) is 16.5. The van der Waals surface area contributed by atoms with Gasteiger partial charge < -0.3 is 5.32 Å². The van der Waals surface area contributed by atoms with Crippen LogP contribution in [0.15, 0.2) is 36.5 Å². The number of nitrogens with one attached hydrogen (secondary N) is 1. The van der Waals surface area contributed by atoms with Crippen molar-refractivity contribution in [2.75, 3.05) is 0 Å². The van der Waals surface area contributed by atoms with Crippen molar-refractivity contribution in [3.8, 4) is 5.69 Å². The van der Waals surface area contributed by atoms with E-state index >= 15 is 0 Å². The fourth-order valence-corrected chi connectivity index (χ4v) is 2.28. The van der Waals surface area contributed by atoms with E-state index in [0.717, 1.165) is 23.8 Å². The standard InChI is InChI=1S/C15H20N4/c1-12(9-13-7-8-13)16-10-14-11-17-19(18-14)15-5-3-2-4-6-15/h2-6,11-13,16H,7-10H2,1H3. The second kappa shape index (κ2) is 5.53. The van der Waals surface area contributed by atoms with Crippen molar-refractivity contribution in [3.05, 3.63) is 42.2 Å². The van der Waals surface area contributed by atoms with Crippen molar-refractivity contribution in [2.45, 2.75) is 38.8 Å².